The van der Waals surface area contributed by atoms with Crippen LogP contribution in [-0.4, -0.2) is 56.5 Å². The zero-order chi connectivity index (χ0) is 37.2. The number of phenols is 2. The van der Waals surface area contributed by atoms with Gasteiger partial charge in [-0.15, -0.1) is 20.4 Å². The number of aromatic nitrogens is 2. The Morgan fingerprint density at radius 2 is 0.962 bits per heavy atom. The van der Waals surface area contributed by atoms with Crippen LogP contribution in [0.1, 0.15) is 22.3 Å². The molecule has 6 aromatic carbocycles. The van der Waals surface area contributed by atoms with E-state index in [0.29, 0.717) is 45.1 Å². The van der Waals surface area contributed by atoms with Gasteiger partial charge in [-0.2, -0.15) is 10.2 Å². The molecule has 53 heavy (non-hydrogen) atoms. The van der Waals surface area contributed by atoms with Crippen LogP contribution in [0.3, 0.4) is 0 Å². The Bertz CT molecular complexity index is 2500. The van der Waals surface area contributed by atoms with E-state index in [0.717, 1.165) is 21.9 Å². The van der Waals surface area contributed by atoms with Crippen LogP contribution in [0.5, 0.6) is 11.5 Å². The van der Waals surface area contributed by atoms with E-state index in [4.69, 9.17) is 4.42 Å². The van der Waals surface area contributed by atoms with E-state index >= 15 is 0 Å². The monoisotopic (exact) mass is 704 g/mol. The van der Waals surface area contributed by atoms with E-state index in [9.17, 15) is 20.4 Å². The van der Waals surface area contributed by atoms with Crippen molar-refractivity contribution in [2.45, 2.75) is 13.8 Å². The van der Waals surface area contributed by atoms with Gasteiger partial charge in [-0.05, 0) is 84.3 Å². The van der Waals surface area contributed by atoms with Crippen LogP contribution in [-0.2, 0) is 0 Å². The number of hydrogen-bond acceptors (Lipinski definition) is 11. The molecule has 0 aliphatic carbocycles. The summed E-state index contributed by atoms with van der Waals surface area (Å²) in [5, 5.41) is 71.4. The van der Waals surface area contributed by atoms with Crippen molar-refractivity contribution in [2.75, 3.05) is 14.1 Å². The predicted molar refractivity (Wildman–Crippen MR) is 204 cm³/mol. The van der Waals surface area contributed by atoms with E-state index in [1.165, 1.54) is 14.1 Å². The number of rotatable bonds is 8. The van der Waals surface area contributed by atoms with Crippen molar-refractivity contribution >= 4 is 56.1 Å². The summed E-state index contributed by atoms with van der Waals surface area (Å²) in [4.78, 5) is 7.60. The number of benzene rings is 6. The first-order valence-corrected chi connectivity index (χ1v) is 16.4. The van der Waals surface area contributed by atoms with Gasteiger partial charge >= 0.3 is 0 Å². The van der Waals surface area contributed by atoms with E-state index in [1.807, 2.05) is 74.5 Å². The molecular formula is C40H32N8O5. The van der Waals surface area contributed by atoms with E-state index in [1.54, 1.807) is 36.4 Å². The fraction of sp³-hybridized carbons (Fsp3) is 0.100. The second-order valence-electron chi connectivity index (χ2n) is 12.1. The average Bonchev–Trinajstić information content (AvgIpc) is 3.67. The molecule has 7 rings (SSSR count). The van der Waals surface area contributed by atoms with Crippen LogP contribution < -0.4 is 0 Å². The van der Waals surface area contributed by atoms with Gasteiger partial charge in [0.2, 0.25) is 23.6 Å². The highest BCUT2D eigenvalue weighted by molar-refractivity contribution is 6.07. The lowest BCUT2D eigenvalue weighted by molar-refractivity contribution is 0.469. The van der Waals surface area contributed by atoms with Gasteiger partial charge in [0.05, 0.1) is 22.5 Å². The van der Waals surface area contributed by atoms with Crippen molar-refractivity contribution in [3.05, 3.63) is 119 Å². The summed E-state index contributed by atoms with van der Waals surface area (Å²) in [6, 6.07) is 28.8. The second-order valence-corrected chi connectivity index (χ2v) is 12.1. The molecule has 0 unspecified atom stereocenters. The first kappa shape index (κ1) is 34.2. The quantitative estimate of drug-likeness (QED) is 0.0686. The highest BCUT2D eigenvalue weighted by Gasteiger charge is 2.18. The van der Waals surface area contributed by atoms with Crippen LogP contribution in [0.25, 0.3) is 44.5 Å². The van der Waals surface area contributed by atoms with E-state index in [-0.39, 0.29) is 45.8 Å². The number of phenolic OH excluding ortho intramolecular Hbond substituents is 2. The molecule has 262 valence electrons. The summed E-state index contributed by atoms with van der Waals surface area (Å²) in [6.07, 6.45) is 0. The largest absolute Gasteiger partial charge is 0.505 e. The van der Waals surface area contributed by atoms with Gasteiger partial charge in [-0.1, -0.05) is 48.5 Å². The molecule has 7 aromatic rings. The molecule has 1 aromatic heterocycles. The fourth-order valence-corrected chi connectivity index (χ4v) is 5.88. The van der Waals surface area contributed by atoms with E-state index in [2.05, 4.69) is 40.6 Å². The number of aromatic hydroxyl groups is 2. The molecule has 0 fully saturated rings. The highest BCUT2D eigenvalue weighted by atomic mass is 16.4. The van der Waals surface area contributed by atoms with Crippen molar-refractivity contribution in [1.82, 2.24) is 10.2 Å². The molecule has 0 amide bonds. The van der Waals surface area contributed by atoms with Crippen LogP contribution in [0.2, 0.25) is 0 Å². The zero-order valence-corrected chi connectivity index (χ0v) is 29.0. The fourth-order valence-electron chi connectivity index (χ4n) is 5.88. The number of nitrogens with zero attached hydrogens (tertiary/aromatic N) is 8. The third-order valence-corrected chi connectivity index (χ3v) is 8.72. The molecule has 0 aliphatic heterocycles. The minimum atomic E-state index is -0.307. The van der Waals surface area contributed by atoms with E-state index < -0.39 is 0 Å². The maximum absolute atomic E-state index is 11.0. The van der Waals surface area contributed by atoms with Gasteiger partial charge in [0.25, 0.3) is 0 Å². The average molecular weight is 705 g/mol. The molecule has 0 aliphatic rings. The van der Waals surface area contributed by atoms with Gasteiger partial charge in [-0.3, -0.25) is 9.98 Å². The Kier molecular flexibility index (Phi) is 9.13. The van der Waals surface area contributed by atoms with Gasteiger partial charge < -0.3 is 24.8 Å². The van der Waals surface area contributed by atoms with Crippen molar-refractivity contribution < 1.29 is 24.8 Å². The lowest BCUT2D eigenvalue weighted by Crippen LogP contribution is -1.99. The molecule has 1 heterocycles. The summed E-state index contributed by atoms with van der Waals surface area (Å²) >= 11 is 0. The topological polar surface area (TPSA) is 194 Å². The highest BCUT2D eigenvalue weighted by Crippen LogP contribution is 2.41. The smallest absolute Gasteiger partial charge is 0.248 e. The Balaban J connectivity index is 1.13. The molecule has 0 saturated heterocycles. The summed E-state index contributed by atoms with van der Waals surface area (Å²) < 4.78 is 6.06. The molecule has 0 saturated carbocycles. The van der Waals surface area contributed by atoms with Gasteiger partial charge in [0, 0.05) is 36.0 Å². The number of hydrogen-bond donors (Lipinski definition) is 4. The zero-order valence-electron chi connectivity index (χ0n) is 29.0. The molecule has 4 N–H and O–H groups in total. The number of aliphatic imine (C=N–C) groups is 2. The molecular weight excluding hydrogens is 672 g/mol. The normalized spacial score (nSPS) is 12.5. The lowest BCUT2D eigenvalue weighted by atomic mass is 10.0. The van der Waals surface area contributed by atoms with Crippen LogP contribution >= 0.6 is 0 Å². The molecule has 0 atom stereocenters. The lowest BCUT2D eigenvalue weighted by Gasteiger charge is -2.09. The molecule has 0 spiro atoms. The Morgan fingerprint density at radius 1 is 0.547 bits per heavy atom. The molecule has 0 bridgehead atoms. The summed E-state index contributed by atoms with van der Waals surface area (Å²) in [7, 11) is 2.87. The van der Waals surface area contributed by atoms with Gasteiger partial charge in [0.15, 0.2) is 11.5 Å². The number of aliphatic hydroxyl groups is 2. The van der Waals surface area contributed by atoms with Crippen molar-refractivity contribution in [1.29, 1.82) is 0 Å². The van der Waals surface area contributed by atoms with Gasteiger partial charge in [-0.25, -0.2) is 0 Å². The first-order valence-electron chi connectivity index (χ1n) is 16.4. The Labute approximate surface area is 302 Å². The van der Waals surface area contributed by atoms with Crippen LogP contribution in [0.15, 0.2) is 132 Å². The Hall–Kier alpha value is -7.28. The standard InChI is InChI=1S/C40H32N8O5/c1-21-17-25(13-15-31(21)43-45-33-27-11-7-5-9-23(27)19-29(35(33)49)37(51)41-3)39-47-48-40(53-39)26-14-16-32(22(2)18-26)44-46-34-28-12-8-6-10-24(28)20-30(36(34)50)38(52)42-4/h5-20,49-50H,1-4H3,(H,41,51)(H,42,52). The third-order valence-electron chi connectivity index (χ3n) is 8.72. The third kappa shape index (κ3) is 6.54. The molecule has 0 radical (unpaired) electrons. The Morgan fingerprint density at radius 3 is 1.36 bits per heavy atom. The maximum Gasteiger partial charge on any atom is 0.248 e. The van der Waals surface area contributed by atoms with Crippen LogP contribution in [0, 0.1) is 13.8 Å². The summed E-state index contributed by atoms with van der Waals surface area (Å²) in [5.41, 5.74) is 4.76. The molecule has 13 nitrogen and oxygen atoms in total. The van der Waals surface area contributed by atoms with Crippen molar-refractivity contribution in [3.8, 4) is 34.4 Å². The van der Waals surface area contributed by atoms with Gasteiger partial charge in [0.1, 0.15) is 11.4 Å². The minimum absolute atomic E-state index is 0.161. The second kappa shape index (κ2) is 14.2. The van der Waals surface area contributed by atoms with Crippen molar-refractivity contribution in [3.63, 3.8) is 0 Å². The number of aryl methyl sites for hydroxylation is 2. The number of aliphatic hydroxyl groups excluding tert-OH is 2. The van der Waals surface area contributed by atoms with Crippen LogP contribution in [0.4, 0.5) is 22.7 Å². The first-order chi connectivity index (χ1) is 25.7. The number of azo groups is 2. The SMILES string of the molecule is CN=C(O)c1cc2ccccc2c(N=Nc2ccc(-c3nnc(-c4ccc(N=Nc5c(O)c(C(O)=NC)cc6ccccc56)c(C)c4)o3)cc2C)c1O. The minimum Gasteiger partial charge on any atom is -0.505 e. The molecule has 13 heteroatoms. The predicted octanol–water partition coefficient (Wildman–Crippen LogP) is 10.4. The maximum atomic E-state index is 11.0. The van der Waals surface area contributed by atoms with Crippen molar-refractivity contribution in [2.24, 2.45) is 30.4 Å². The summed E-state index contributed by atoms with van der Waals surface area (Å²) in [5.74, 6) is -0.455. The number of fused-ring (bicyclic) bond motifs is 2. The summed E-state index contributed by atoms with van der Waals surface area (Å²) in [6.45, 7) is 3.74.